The molecule has 0 spiro atoms. The Kier molecular flexibility index (Phi) is 7.01. The Labute approximate surface area is 194 Å². The van der Waals surface area contributed by atoms with Gasteiger partial charge in [0, 0.05) is 23.1 Å². The van der Waals surface area contributed by atoms with Crippen LogP contribution in [-0.4, -0.2) is 39.1 Å². The molecule has 1 aromatic heterocycles. The number of rotatable bonds is 6. The predicted molar refractivity (Wildman–Crippen MR) is 128 cm³/mol. The van der Waals surface area contributed by atoms with Crippen LogP contribution in [0.25, 0.3) is 5.69 Å². The van der Waals surface area contributed by atoms with E-state index in [2.05, 4.69) is 26.1 Å². The Morgan fingerprint density at radius 3 is 2.33 bits per heavy atom. The number of halogens is 1. The predicted octanol–water partition coefficient (Wildman–Crippen LogP) is 5.11. The maximum absolute atomic E-state index is 13.6. The molecule has 6 nitrogen and oxygen atoms in total. The van der Waals surface area contributed by atoms with E-state index in [0.717, 1.165) is 16.9 Å². The summed E-state index contributed by atoms with van der Waals surface area (Å²) in [6.45, 7) is 11.6. The molecule has 0 fully saturated rings. The van der Waals surface area contributed by atoms with Crippen LogP contribution in [0.15, 0.2) is 54.6 Å². The largest absolute Gasteiger partial charge is 0.327 e. The number of amides is 2. The number of benzene rings is 2. The molecule has 3 aromatic rings. The summed E-state index contributed by atoms with van der Waals surface area (Å²) in [4.78, 5) is 27.4. The van der Waals surface area contributed by atoms with Crippen LogP contribution < -0.4 is 5.32 Å². The normalized spacial score (nSPS) is 11.5. The number of hydrogen-bond acceptors (Lipinski definition) is 3. The minimum absolute atomic E-state index is 0.170. The topological polar surface area (TPSA) is 67.2 Å². The molecule has 1 N–H and O–H groups in total. The van der Waals surface area contributed by atoms with Crippen LogP contribution in [0.4, 0.5) is 10.2 Å². The standard InChI is InChI=1S/C26H31FN4O2/c1-17(2)30(25(33)19-8-7-9-20(27)14-19)16-24(32)28-23-15-22(26(4,5)6)29-31(23)21-12-10-18(3)11-13-21/h7-15,17H,16H2,1-6H3,(H,28,32). The van der Waals surface area contributed by atoms with Gasteiger partial charge in [0.15, 0.2) is 0 Å². The second kappa shape index (κ2) is 9.57. The highest BCUT2D eigenvalue weighted by Crippen LogP contribution is 2.26. The van der Waals surface area contributed by atoms with Crippen LogP contribution >= 0.6 is 0 Å². The highest BCUT2D eigenvalue weighted by atomic mass is 19.1. The Morgan fingerprint density at radius 1 is 1.09 bits per heavy atom. The Balaban J connectivity index is 1.87. The van der Waals surface area contributed by atoms with Gasteiger partial charge in [-0.25, -0.2) is 9.07 Å². The lowest BCUT2D eigenvalue weighted by Gasteiger charge is -2.26. The van der Waals surface area contributed by atoms with Crippen molar-refractivity contribution in [1.29, 1.82) is 0 Å². The van der Waals surface area contributed by atoms with Crippen molar-refractivity contribution < 1.29 is 14.0 Å². The summed E-state index contributed by atoms with van der Waals surface area (Å²) in [6, 6.07) is 14.9. The number of nitrogens with one attached hydrogen (secondary N) is 1. The summed E-state index contributed by atoms with van der Waals surface area (Å²) in [5.74, 6) is -0.731. The number of hydrogen-bond donors (Lipinski definition) is 1. The van der Waals surface area contributed by atoms with Crippen molar-refractivity contribution in [3.05, 3.63) is 77.2 Å². The first-order valence-corrected chi connectivity index (χ1v) is 11.0. The first-order chi connectivity index (χ1) is 15.5. The summed E-state index contributed by atoms with van der Waals surface area (Å²) in [6.07, 6.45) is 0. The summed E-state index contributed by atoms with van der Waals surface area (Å²) in [5, 5.41) is 7.63. The number of carbonyl (C=O) groups is 2. The van der Waals surface area contributed by atoms with E-state index in [1.54, 1.807) is 10.7 Å². The van der Waals surface area contributed by atoms with E-state index < -0.39 is 11.7 Å². The van der Waals surface area contributed by atoms with E-state index in [9.17, 15) is 14.0 Å². The van der Waals surface area contributed by atoms with E-state index in [1.165, 1.54) is 23.1 Å². The Hall–Kier alpha value is -3.48. The molecule has 0 bridgehead atoms. The van der Waals surface area contributed by atoms with E-state index in [0.29, 0.717) is 5.82 Å². The molecule has 0 aliphatic carbocycles. The van der Waals surface area contributed by atoms with Gasteiger partial charge in [-0.05, 0) is 51.1 Å². The molecule has 0 aliphatic rings. The van der Waals surface area contributed by atoms with Crippen molar-refractivity contribution in [2.45, 2.75) is 53.0 Å². The van der Waals surface area contributed by atoms with Gasteiger partial charge in [-0.2, -0.15) is 5.10 Å². The van der Waals surface area contributed by atoms with Crippen molar-refractivity contribution in [3.63, 3.8) is 0 Å². The van der Waals surface area contributed by atoms with Gasteiger partial charge in [0.1, 0.15) is 18.2 Å². The van der Waals surface area contributed by atoms with Crippen LogP contribution in [0.3, 0.4) is 0 Å². The van der Waals surface area contributed by atoms with Gasteiger partial charge in [0.05, 0.1) is 11.4 Å². The lowest BCUT2D eigenvalue weighted by Crippen LogP contribution is -2.42. The third-order valence-electron chi connectivity index (χ3n) is 5.29. The van der Waals surface area contributed by atoms with E-state index in [1.807, 2.05) is 51.1 Å². The van der Waals surface area contributed by atoms with Crippen molar-refractivity contribution in [3.8, 4) is 5.69 Å². The van der Waals surface area contributed by atoms with Crippen LogP contribution in [-0.2, 0) is 10.2 Å². The lowest BCUT2D eigenvalue weighted by molar-refractivity contribution is -0.117. The van der Waals surface area contributed by atoms with Gasteiger partial charge in [-0.15, -0.1) is 0 Å². The number of aryl methyl sites for hydroxylation is 1. The molecule has 3 rings (SSSR count). The molecule has 1 heterocycles. The number of aromatic nitrogens is 2. The molecule has 7 heteroatoms. The Bertz CT molecular complexity index is 1140. The molecular weight excluding hydrogens is 419 g/mol. The zero-order chi connectivity index (χ0) is 24.3. The second-order valence-corrected chi connectivity index (χ2v) is 9.50. The molecule has 33 heavy (non-hydrogen) atoms. The van der Waals surface area contributed by atoms with Gasteiger partial charge in [0.25, 0.3) is 5.91 Å². The smallest absolute Gasteiger partial charge is 0.254 e. The average Bonchev–Trinajstić information content (AvgIpc) is 3.16. The fraction of sp³-hybridized carbons (Fsp3) is 0.346. The molecule has 2 amide bonds. The number of anilines is 1. The van der Waals surface area contributed by atoms with E-state index in [4.69, 9.17) is 5.10 Å². The molecule has 0 saturated heterocycles. The maximum Gasteiger partial charge on any atom is 0.254 e. The monoisotopic (exact) mass is 450 g/mol. The number of nitrogens with zero attached hydrogens (tertiary/aromatic N) is 3. The van der Waals surface area contributed by atoms with Crippen LogP contribution in [0.2, 0.25) is 0 Å². The van der Waals surface area contributed by atoms with Gasteiger partial charge in [-0.1, -0.05) is 44.5 Å². The molecule has 0 radical (unpaired) electrons. The van der Waals surface area contributed by atoms with Crippen molar-refractivity contribution in [2.24, 2.45) is 0 Å². The summed E-state index contributed by atoms with van der Waals surface area (Å²) >= 11 is 0. The molecule has 0 aliphatic heterocycles. The van der Waals surface area contributed by atoms with Crippen molar-refractivity contribution in [2.75, 3.05) is 11.9 Å². The molecule has 0 saturated carbocycles. The summed E-state index contributed by atoms with van der Waals surface area (Å²) < 4.78 is 15.3. The highest BCUT2D eigenvalue weighted by molar-refractivity contribution is 5.99. The first-order valence-electron chi connectivity index (χ1n) is 11.0. The van der Waals surface area contributed by atoms with Gasteiger partial charge in [0.2, 0.25) is 5.91 Å². The lowest BCUT2D eigenvalue weighted by atomic mass is 9.92. The molecular formula is C26H31FN4O2. The average molecular weight is 451 g/mol. The van der Waals surface area contributed by atoms with Crippen LogP contribution in [0, 0.1) is 12.7 Å². The quantitative estimate of drug-likeness (QED) is 0.568. The second-order valence-electron chi connectivity index (χ2n) is 9.50. The zero-order valence-electron chi connectivity index (χ0n) is 20.0. The minimum atomic E-state index is -0.495. The first kappa shape index (κ1) is 24.2. The fourth-order valence-corrected chi connectivity index (χ4v) is 3.33. The molecule has 0 unspecified atom stereocenters. The van der Waals surface area contributed by atoms with Crippen LogP contribution in [0.5, 0.6) is 0 Å². The van der Waals surface area contributed by atoms with Crippen molar-refractivity contribution in [1.82, 2.24) is 14.7 Å². The molecule has 174 valence electrons. The van der Waals surface area contributed by atoms with E-state index >= 15 is 0 Å². The minimum Gasteiger partial charge on any atom is -0.327 e. The third kappa shape index (κ3) is 5.86. The SMILES string of the molecule is Cc1ccc(-n2nc(C(C)(C)C)cc2NC(=O)CN(C(=O)c2cccc(F)c2)C(C)C)cc1. The van der Waals surface area contributed by atoms with Crippen LogP contribution in [0.1, 0.15) is 56.2 Å². The van der Waals surface area contributed by atoms with Gasteiger partial charge in [-0.3, -0.25) is 9.59 Å². The summed E-state index contributed by atoms with van der Waals surface area (Å²) in [5.41, 5.74) is 2.76. The summed E-state index contributed by atoms with van der Waals surface area (Å²) in [7, 11) is 0. The van der Waals surface area contributed by atoms with E-state index in [-0.39, 0.29) is 29.5 Å². The maximum atomic E-state index is 13.6. The van der Waals surface area contributed by atoms with Gasteiger partial charge < -0.3 is 10.2 Å². The van der Waals surface area contributed by atoms with Gasteiger partial charge >= 0.3 is 0 Å². The zero-order valence-corrected chi connectivity index (χ0v) is 20.0. The third-order valence-corrected chi connectivity index (χ3v) is 5.29. The Morgan fingerprint density at radius 2 is 1.76 bits per heavy atom. The van der Waals surface area contributed by atoms with Crippen molar-refractivity contribution >= 4 is 17.6 Å². The number of carbonyl (C=O) groups excluding carboxylic acids is 2. The highest BCUT2D eigenvalue weighted by Gasteiger charge is 2.25. The fourth-order valence-electron chi connectivity index (χ4n) is 3.33. The molecule has 2 aromatic carbocycles. The molecule has 0 atom stereocenters.